The summed E-state index contributed by atoms with van der Waals surface area (Å²) in [5.74, 6) is 0.728. The maximum absolute atomic E-state index is 11.9. The Bertz CT molecular complexity index is 246. The second kappa shape index (κ2) is 4.12. The molecule has 0 bridgehead atoms. The second-order valence-electron chi connectivity index (χ2n) is 5.37. The number of carbonyl (C=O) groups is 1. The van der Waals surface area contributed by atoms with Gasteiger partial charge in [0, 0.05) is 18.5 Å². The Balaban J connectivity index is 2.06. The van der Waals surface area contributed by atoms with Crippen LogP contribution >= 0.6 is 0 Å². The predicted molar refractivity (Wildman–Crippen MR) is 60.4 cm³/mol. The third kappa shape index (κ3) is 2.03. The van der Waals surface area contributed by atoms with Crippen LogP contribution in [0.2, 0.25) is 0 Å². The van der Waals surface area contributed by atoms with E-state index in [2.05, 4.69) is 11.8 Å². The molecule has 1 unspecified atom stereocenters. The largest absolute Gasteiger partial charge is 0.337 e. The van der Waals surface area contributed by atoms with E-state index in [9.17, 15) is 4.79 Å². The Morgan fingerprint density at radius 2 is 2.07 bits per heavy atom. The van der Waals surface area contributed by atoms with E-state index in [4.69, 9.17) is 5.73 Å². The van der Waals surface area contributed by atoms with Crippen molar-refractivity contribution in [3.05, 3.63) is 0 Å². The molecule has 2 rings (SSSR count). The molecule has 86 valence electrons. The van der Waals surface area contributed by atoms with E-state index in [1.54, 1.807) is 0 Å². The zero-order valence-electron chi connectivity index (χ0n) is 9.67. The van der Waals surface area contributed by atoms with Gasteiger partial charge in [-0.15, -0.1) is 0 Å². The molecule has 0 aromatic carbocycles. The average Bonchev–Trinajstić information content (AvgIpc) is 2.61. The third-order valence-corrected chi connectivity index (χ3v) is 4.12. The van der Waals surface area contributed by atoms with Crippen molar-refractivity contribution >= 4 is 5.91 Å². The van der Waals surface area contributed by atoms with E-state index in [0.29, 0.717) is 24.8 Å². The first-order valence-electron chi connectivity index (χ1n) is 6.16. The van der Waals surface area contributed by atoms with E-state index < -0.39 is 0 Å². The van der Waals surface area contributed by atoms with Crippen LogP contribution in [0.25, 0.3) is 0 Å². The van der Waals surface area contributed by atoms with E-state index in [-0.39, 0.29) is 5.54 Å². The monoisotopic (exact) mass is 210 g/mol. The summed E-state index contributed by atoms with van der Waals surface area (Å²) in [5.41, 5.74) is 5.79. The second-order valence-corrected chi connectivity index (χ2v) is 5.37. The van der Waals surface area contributed by atoms with Crippen LogP contribution in [-0.4, -0.2) is 29.4 Å². The highest BCUT2D eigenvalue weighted by Gasteiger charge is 2.41. The van der Waals surface area contributed by atoms with Crippen LogP contribution in [0.15, 0.2) is 0 Å². The fourth-order valence-electron chi connectivity index (χ4n) is 3.04. The van der Waals surface area contributed by atoms with Gasteiger partial charge in [0.05, 0.1) is 0 Å². The topological polar surface area (TPSA) is 46.3 Å². The lowest BCUT2D eigenvalue weighted by atomic mass is 9.82. The van der Waals surface area contributed by atoms with Gasteiger partial charge in [0.2, 0.25) is 5.91 Å². The Morgan fingerprint density at radius 3 is 2.60 bits per heavy atom. The third-order valence-electron chi connectivity index (χ3n) is 4.12. The summed E-state index contributed by atoms with van der Waals surface area (Å²) >= 11 is 0. The molecule has 3 nitrogen and oxygen atoms in total. The Labute approximate surface area is 92.0 Å². The van der Waals surface area contributed by atoms with Crippen LogP contribution in [-0.2, 0) is 4.79 Å². The van der Waals surface area contributed by atoms with Gasteiger partial charge in [-0.2, -0.15) is 0 Å². The summed E-state index contributed by atoms with van der Waals surface area (Å²) in [6, 6.07) is 0. The van der Waals surface area contributed by atoms with Gasteiger partial charge in [0.1, 0.15) is 0 Å². The first-order chi connectivity index (χ1) is 7.15. The average molecular weight is 210 g/mol. The minimum Gasteiger partial charge on any atom is -0.337 e. The normalized spacial score (nSPS) is 30.9. The molecule has 0 spiro atoms. The molecule has 2 fully saturated rings. The summed E-state index contributed by atoms with van der Waals surface area (Å²) < 4.78 is 0. The molecule has 1 amide bonds. The van der Waals surface area contributed by atoms with Crippen LogP contribution in [0.1, 0.15) is 45.4 Å². The van der Waals surface area contributed by atoms with Crippen molar-refractivity contribution in [2.45, 2.75) is 51.0 Å². The number of amides is 1. The van der Waals surface area contributed by atoms with Crippen molar-refractivity contribution in [3.63, 3.8) is 0 Å². The van der Waals surface area contributed by atoms with Crippen molar-refractivity contribution in [2.24, 2.45) is 11.7 Å². The lowest BCUT2D eigenvalue weighted by molar-refractivity contribution is -0.133. The lowest BCUT2D eigenvalue weighted by Gasteiger charge is -2.42. The molecule has 2 N–H and O–H groups in total. The summed E-state index contributed by atoms with van der Waals surface area (Å²) in [6.45, 7) is 3.80. The number of hydrogen-bond acceptors (Lipinski definition) is 2. The van der Waals surface area contributed by atoms with Crippen LogP contribution in [0.4, 0.5) is 0 Å². The molecular formula is C12H22N2O. The first-order valence-corrected chi connectivity index (χ1v) is 6.16. The van der Waals surface area contributed by atoms with Crippen LogP contribution in [0.3, 0.4) is 0 Å². The van der Waals surface area contributed by atoms with Crippen LogP contribution in [0, 0.1) is 5.92 Å². The van der Waals surface area contributed by atoms with Gasteiger partial charge in [-0.25, -0.2) is 0 Å². The molecule has 0 aromatic heterocycles. The minimum atomic E-state index is 0.138. The predicted octanol–water partition coefficient (Wildman–Crippen LogP) is 1.52. The van der Waals surface area contributed by atoms with E-state index in [1.807, 2.05) is 0 Å². The summed E-state index contributed by atoms with van der Waals surface area (Å²) in [4.78, 5) is 14.0. The SMILES string of the molecule is CC1(N2CC(CN)CC2=O)CCCCC1. The molecule has 1 saturated heterocycles. The minimum absolute atomic E-state index is 0.138. The van der Waals surface area contributed by atoms with Crippen LogP contribution in [0.5, 0.6) is 0 Å². The van der Waals surface area contributed by atoms with Crippen molar-refractivity contribution in [3.8, 4) is 0 Å². The van der Waals surface area contributed by atoms with Gasteiger partial charge in [-0.05, 0) is 32.2 Å². The van der Waals surface area contributed by atoms with Crippen molar-refractivity contribution in [2.75, 3.05) is 13.1 Å². The van der Waals surface area contributed by atoms with Crippen LogP contribution < -0.4 is 5.73 Å². The highest BCUT2D eigenvalue weighted by Crippen LogP contribution is 2.36. The fourth-order valence-corrected chi connectivity index (χ4v) is 3.04. The number of nitrogens with two attached hydrogens (primary N) is 1. The molecule has 2 aliphatic rings. The number of rotatable bonds is 2. The molecule has 1 atom stereocenters. The molecule has 15 heavy (non-hydrogen) atoms. The summed E-state index contributed by atoms with van der Waals surface area (Å²) in [7, 11) is 0. The molecule has 1 heterocycles. The lowest BCUT2D eigenvalue weighted by Crippen LogP contribution is -2.48. The molecule has 1 saturated carbocycles. The highest BCUT2D eigenvalue weighted by molar-refractivity contribution is 5.79. The zero-order chi connectivity index (χ0) is 10.9. The molecule has 0 radical (unpaired) electrons. The maximum atomic E-state index is 11.9. The molecule has 0 aromatic rings. The Hall–Kier alpha value is -0.570. The fraction of sp³-hybridized carbons (Fsp3) is 0.917. The maximum Gasteiger partial charge on any atom is 0.223 e. The molecular weight excluding hydrogens is 188 g/mol. The van der Waals surface area contributed by atoms with Crippen molar-refractivity contribution < 1.29 is 4.79 Å². The summed E-state index contributed by atoms with van der Waals surface area (Å²) in [6.07, 6.45) is 6.90. The van der Waals surface area contributed by atoms with Gasteiger partial charge in [-0.1, -0.05) is 19.3 Å². The van der Waals surface area contributed by atoms with E-state index in [0.717, 1.165) is 6.54 Å². The number of hydrogen-bond donors (Lipinski definition) is 1. The van der Waals surface area contributed by atoms with Gasteiger partial charge >= 0.3 is 0 Å². The smallest absolute Gasteiger partial charge is 0.223 e. The molecule has 1 aliphatic heterocycles. The Morgan fingerprint density at radius 1 is 1.40 bits per heavy atom. The van der Waals surface area contributed by atoms with Gasteiger partial charge in [0.25, 0.3) is 0 Å². The van der Waals surface area contributed by atoms with Crippen molar-refractivity contribution in [1.29, 1.82) is 0 Å². The van der Waals surface area contributed by atoms with Gasteiger partial charge < -0.3 is 10.6 Å². The standard InChI is InChI=1S/C12H22N2O/c1-12(5-3-2-4-6-12)14-9-10(8-13)7-11(14)15/h10H,2-9,13H2,1H3. The summed E-state index contributed by atoms with van der Waals surface area (Å²) in [5, 5.41) is 0. The van der Waals surface area contributed by atoms with Crippen molar-refractivity contribution in [1.82, 2.24) is 4.90 Å². The Kier molecular flexibility index (Phi) is 3.01. The highest BCUT2D eigenvalue weighted by atomic mass is 16.2. The quantitative estimate of drug-likeness (QED) is 0.751. The van der Waals surface area contributed by atoms with Gasteiger partial charge in [0.15, 0.2) is 0 Å². The number of carbonyl (C=O) groups excluding carboxylic acids is 1. The zero-order valence-corrected chi connectivity index (χ0v) is 9.67. The number of nitrogens with zero attached hydrogens (tertiary/aromatic N) is 1. The molecule has 3 heteroatoms. The van der Waals surface area contributed by atoms with Gasteiger partial charge in [-0.3, -0.25) is 4.79 Å². The van der Waals surface area contributed by atoms with E-state index in [1.165, 1.54) is 32.1 Å². The first kappa shape index (κ1) is 10.9. The molecule has 1 aliphatic carbocycles. The van der Waals surface area contributed by atoms with E-state index >= 15 is 0 Å². The number of likely N-dealkylation sites (tertiary alicyclic amines) is 1.